The molecule has 0 spiro atoms. The number of carbonyl (C=O) groups excluding carboxylic acids is 1. The minimum Gasteiger partial charge on any atom is -0.493 e. The van der Waals surface area contributed by atoms with Crippen LogP contribution in [-0.2, 0) is 4.79 Å². The van der Waals surface area contributed by atoms with Crippen LogP contribution in [0.3, 0.4) is 0 Å². The molecule has 4 rings (SSSR count). The number of anilines is 1. The molecular weight excluding hydrogens is 388 g/mol. The molecule has 2 aromatic rings. The molecule has 1 aromatic carbocycles. The smallest absolute Gasteiger partial charge is 0.226 e. The van der Waals surface area contributed by atoms with Gasteiger partial charge in [0.15, 0.2) is 17.3 Å². The zero-order valence-corrected chi connectivity index (χ0v) is 15.5. The molecule has 7 nitrogen and oxygen atoms in total. The first-order valence-corrected chi connectivity index (χ1v) is 8.77. The lowest BCUT2D eigenvalue weighted by Gasteiger charge is -2.32. The molecule has 1 aromatic heterocycles. The first-order valence-electron chi connectivity index (χ1n) is 7.98. The molecule has 1 atom stereocenters. The number of benzene rings is 1. The average Bonchev–Trinajstić information content (AvgIpc) is 3.07. The maximum Gasteiger partial charge on any atom is 0.226 e. The highest BCUT2D eigenvalue weighted by Gasteiger charge is 2.36. The molecule has 0 amide bonds. The van der Waals surface area contributed by atoms with Crippen molar-refractivity contribution < 1.29 is 14.3 Å². The third-order valence-electron chi connectivity index (χ3n) is 4.58. The molecule has 130 valence electrons. The van der Waals surface area contributed by atoms with Crippen molar-refractivity contribution >= 4 is 27.7 Å². The maximum absolute atomic E-state index is 12.7. The van der Waals surface area contributed by atoms with E-state index in [0.717, 1.165) is 34.1 Å². The molecule has 2 aliphatic rings. The Bertz CT molecular complexity index is 890. The van der Waals surface area contributed by atoms with Crippen LogP contribution in [0.4, 0.5) is 5.95 Å². The molecule has 1 unspecified atom stereocenters. The predicted molar refractivity (Wildman–Crippen MR) is 94.9 cm³/mol. The second kappa shape index (κ2) is 6.18. The van der Waals surface area contributed by atoms with Crippen molar-refractivity contribution in [2.75, 3.05) is 19.5 Å². The van der Waals surface area contributed by atoms with E-state index in [1.54, 1.807) is 18.9 Å². The van der Waals surface area contributed by atoms with Gasteiger partial charge in [0, 0.05) is 17.7 Å². The largest absolute Gasteiger partial charge is 0.493 e. The Morgan fingerprint density at radius 3 is 2.88 bits per heavy atom. The van der Waals surface area contributed by atoms with Crippen molar-refractivity contribution in [3.8, 4) is 11.5 Å². The van der Waals surface area contributed by atoms with E-state index in [2.05, 4.69) is 31.3 Å². The molecule has 0 radical (unpaired) electrons. The summed E-state index contributed by atoms with van der Waals surface area (Å²) >= 11 is 3.53. The molecule has 0 fully saturated rings. The number of nitrogens with zero attached hydrogens (tertiary/aromatic N) is 3. The van der Waals surface area contributed by atoms with Crippen LogP contribution in [0.2, 0.25) is 0 Å². The van der Waals surface area contributed by atoms with E-state index in [0.29, 0.717) is 23.9 Å². The fourth-order valence-corrected chi connectivity index (χ4v) is 4.12. The number of ketones is 1. The first-order chi connectivity index (χ1) is 12.1. The van der Waals surface area contributed by atoms with E-state index in [4.69, 9.17) is 9.47 Å². The average molecular weight is 405 g/mol. The summed E-state index contributed by atoms with van der Waals surface area (Å²) in [6.07, 6.45) is 3.73. The van der Waals surface area contributed by atoms with Gasteiger partial charge in [0.2, 0.25) is 5.95 Å². The number of nitrogens with one attached hydrogen (secondary N) is 1. The van der Waals surface area contributed by atoms with E-state index in [9.17, 15) is 4.79 Å². The standard InChI is InChI=1S/C17H17BrN4O3/c1-24-13-7-9(6-10(18)16(13)25-2)15-14-11(4-3-5-12(14)23)21-17-19-8-20-22(15)17/h6-8,15H,3-5H2,1-2H3,(H,19,20,21). The highest BCUT2D eigenvalue weighted by molar-refractivity contribution is 9.10. The molecule has 2 heterocycles. The van der Waals surface area contributed by atoms with Crippen LogP contribution in [0, 0.1) is 0 Å². The highest BCUT2D eigenvalue weighted by Crippen LogP contribution is 2.44. The number of rotatable bonds is 3. The van der Waals surface area contributed by atoms with Gasteiger partial charge in [0.25, 0.3) is 0 Å². The summed E-state index contributed by atoms with van der Waals surface area (Å²) in [6.45, 7) is 0. The minimum atomic E-state index is -0.336. The third-order valence-corrected chi connectivity index (χ3v) is 5.17. The van der Waals surface area contributed by atoms with E-state index in [-0.39, 0.29) is 11.8 Å². The topological polar surface area (TPSA) is 78.3 Å². The Hall–Kier alpha value is -2.35. The molecule has 0 saturated heterocycles. The highest BCUT2D eigenvalue weighted by atomic mass is 79.9. The summed E-state index contributed by atoms with van der Waals surface area (Å²) < 4.78 is 13.4. The van der Waals surface area contributed by atoms with Crippen molar-refractivity contribution in [1.82, 2.24) is 14.8 Å². The predicted octanol–water partition coefficient (Wildman–Crippen LogP) is 3.08. The van der Waals surface area contributed by atoms with E-state index in [1.807, 2.05) is 12.1 Å². The Labute approximate surface area is 153 Å². The van der Waals surface area contributed by atoms with E-state index < -0.39 is 0 Å². The van der Waals surface area contributed by atoms with Gasteiger partial charge in [-0.05, 0) is 46.5 Å². The van der Waals surface area contributed by atoms with Crippen LogP contribution in [0.25, 0.3) is 0 Å². The van der Waals surface area contributed by atoms with Crippen molar-refractivity contribution in [2.45, 2.75) is 25.3 Å². The summed E-state index contributed by atoms with van der Waals surface area (Å²) in [6, 6.07) is 3.49. The Kier molecular flexibility index (Phi) is 3.99. The van der Waals surface area contributed by atoms with Crippen LogP contribution in [-0.4, -0.2) is 34.8 Å². The SMILES string of the molecule is COc1cc(C2C3=C(CCCC3=O)Nc3ncnn32)cc(Br)c1OC. The minimum absolute atomic E-state index is 0.144. The molecule has 1 aliphatic carbocycles. The number of hydrogen-bond acceptors (Lipinski definition) is 6. The van der Waals surface area contributed by atoms with Gasteiger partial charge < -0.3 is 14.8 Å². The number of aromatic nitrogens is 3. The quantitative estimate of drug-likeness (QED) is 0.846. The number of halogens is 1. The summed E-state index contributed by atoms with van der Waals surface area (Å²) in [5.74, 6) is 2.00. The third kappa shape index (κ3) is 2.52. The van der Waals surface area contributed by atoms with Gasteiger partial charge >= 0.3 is 0 Å². The van der Waals surface area contributed by atoms with Crippen molar-refractivity contribution in [3.05, 3.63) is 39.8 Å². The van der Waals surface area contributed by atoms with Crippen molar-refractivity contribution in [2.24, 2.45) is 0 Å². The fraction of sp³-hybridized carbons (Fsp3) is 0.353. The van der Waals surface area contributed by atoms with Crippen LogP contribution in [0.15, 0.2) is 34.2 Å². The number of methoxy groups -OCH3 is 2. The maximum atomic E-state index is 12.7. The number of hydrogen-bond donors (Lipinski definition) is 1. The number of allylic oxidation sites excluding steroid dienone is 2. The number of carbonyl (C=O) groups is 1. The van der Waals surface area contributed by atoms with Crippen LogP contribution < -0.4 is 14.8 Å². The zero-order valence-electron chi connectivity index (χ0n) is 13.9. The molecular formula is C17H17BrN4O3. The van der Waals surface area contributed by atoms with Gasteiger partial charge in [-0.15, -0.1) is 0 Å². The van der Waals surface area contributed by atoms with Gasteiger partial charge in [0.05, 0.1) is 18.7 Å². The van der Waals surface area contributed by atoms with Gasteiger partial charge in [-0.3, -0.25) is 4.79 Å². The number of Topliss-reactive ketones (excluding diaryl/α,β-unsaturated/α-hetero) is 1. The second-order valence-corrected chi connectivity index (χ2v) is 6.82. The lowest BCUT2D eigenvalue weighted by atomic mass is 9.85. The number of ether oxygens (including phenoxy) is 2. The van der Waals surface area contributed by atoms with Crippen LogP contribution in [0.1, 0.15) is 30.9 Å². The molecule has 1 N–H and O–H groups in total. The molecule has 0 bridgehead atoms. The first kappa shape index (κ1) is 16.1. The number of fused-ring (bicyclic) bond motifs is 1. The van der Waals surface area contributed by atoms with E-state index >= 15 is 0 Å². The zero-order chi connectivity index (χ0) is 17.6. The van der Waals surface area contributed by atoms with Gasteiger partial charge in [-0.25, -0.2) is 4.68 Å². The second-order valence-electron chi connectivity index (χ2n) is 5.96. The molecule has 25 heavy (non-hydrogen) atoms. The van der Waals surface area contributed by atoms with Crippen molar-refractivity contribution in [3.63, 3.8) is 0 Å². The van der Waals surface area contributed by atoms with Gasteiger partial charge in [-0.1, -0.05) is 0 Å². The molecule has 8 heteroatoms. The van der Waals surface area contributed by atoms with Crippen LogP contribution >= 0.6 is 15.9 Å². The summed E-state index contributed by atoms with van der Waals surface area (Å²) in [5.41, 5.74) is 2.58. The molecule has 1 aliphatic heterocycles. The van der Waals surface area contributed by atoms with Gasteiger partial charge in [-0.2, -0.15) is 10.1 Å². The Morgan fingerprint density at radius 2 is 2.12 bits per heavy atom. The Morgan fingerprint density at radius 1 is 1.28 bits per heavy atom. The summed E-state index contributed by atoms with van der Waals surface area (Å²) in [5, 5.41) is 7.59. The summed E-state index contributed by atoms with van der Waals surface area (Å²) in [4.78, 5) is 17.0. The normalized spacial score (nSPS) is 19.2. The monoisotopic (exact) mass is 404 g/mol. The molecule has 0 saturated carbocycles. The van der Waals surface area contributed by atoms with Gasteiger partial charge in [0.1, 0.15) is 12.4 Å². The lowest BCUT2D eigenvalue weighted by Crippen LogP contribution is -2.31. The summed E-state index contributed by atoms with van der Waals surface area (Å²) in [7, 11) is 3.18. The van der Waals surface area contributed by atoms with E-state index in [1.165, 1.54) is 6.33 Å². The Balaban J connectivity index is 1.92. The fourth-order valence-electron chi connectivity index (χ4n) is 3.50. The van der Waals surface area contributed by atoms with Crippen molar-refractivity contribution in [1.29, 1.82) is 0 Å². The van der Waals surface area contributed by atoms with Crippen LogP contribution in [0.5, 0.6) is 11.5 Å². The lowest BCUT2D eigenvalue weighted by molar-refractivity contribution is -0.116.